The average molecular weight is 453 g/mol. The molecule has 0 saturated carbocycles. The van der Waals surface area contributed by atoms with Gasteiger partial charge in [-0.05, 0) is 62.2 Å². The molecule has 5 rings (SSSR count). The zero-order valence-electron chi connectivity index (χ0n) is 16.4. The Bertz CT molecular complexity index is 977. The zero-order valence-corrected chi connectivity index (χ0v) is 18.0. The van der Waals surface area contributed by atoms with Crippen molar-refractivity contribution in [3.63, 3.8) is 0 Å². The summed E-state index contributed by atoms with van der Waals surface area (Å²) in [7, 11) is 0. The van der Waals surface area contributed by atoms with E-state index in [0.717, 1.165) is 72.9 Å². The predicted molar refractivity (Wildman–Crippen MR) is 117 cm³/mol. The average Bonchev–Trinajstić information content (AvgIpc) is 3.09. The number of hydrogen-bond donors (Lipinski definition) is 0. The van der Waals surface area contributed by atoms with Crippen LogP contribution in [0.2, 0.25) is 0 Å². The molecule has 0 atom stereocenters. The van der Waals surface area contributed by atoms with Gasteiger partial charge in [-0.15, -0.1) is 10.2 Å². The molecule has 3 heterocycles. The maximum absolute atomic E-state index is 5.93. The van der Waals surface area contributed by atoms with Gasteiger partial charge in [0.2, 0.25) is 0 Å². The van der Waals surface area contributed by atoms with Gasteiger partial charge in [0.15, 0.2) is 5.82 Å². The number of ether oxygens (including phenoxy) is 1. The van der Waals surface area contributed by atoms with Gasteiger partial charge in [0, 0.05) is 16.9 Å². The van der Waals surface area contributed by atoms with Crippen molar-refractivity contribution in [2.45, 2.75) is 31.7 Å². The second-order valence-electron chi connectivity index (χ2n) is 7.87. The van der Waals surface area contributed by atoms with Crippen LogP contribution < -0.4 is 4.74 Å². The first-order valence-electron chi connectivity index (χ1n) is 10.4. The van der Waals surface area contributed by atoms with Crippen molar-refractivity contribution in [2.75, 3.05) is 26.2 Å². The number of likely N-dealkylation sites (tertiary alicyclic amines) is 1. The van der Waals surface area contributed by atoms with Gasteiger partial charge in [-0.1, -0.05) is 40.2 Å². The lowest BCUT2D eigenvalue weighted by molar-refractivity contribution is 0.208. The SMILES string of the molecule is Brc1ccc(CCN2CCC(c3nnc4n3CCOc3ccccc3-4)CC2)cc1. The summed E-state index contributed by atoms with van der Waals surface area (Å²) >= 11 is 3.51. The Labute approximate surface area is 179 Å². The molecule has 0 amide bonds. The quantitative estimate of drug-likeness (QED) is 0.583. The Morgan fingerprint density at radius 2 is 1.76 bits per heavy atom. The Kier molecular flexibility index (Phi) is 5.38. The highest BCUT2D eigenvalue weighted by molar-refractivity contribution is 9.10. The third-order valence-corrected chi connectivity index (χ3v) is 6.59. The van der Waals surface area contributed by atoms with Gasteiger partial charge in [0.1, 0.15) is 18.2 Å². The number of piperidine rings is 1. The minimum Gasteiger partial charge on any atom is -0.491 e. The molecule has 1 saturated heterocycles. The van der Waals surface area contributed by atoms with E-state index in [4.69, 9.17) is 4.74 Å². The van der Waals surface area contributed by atoms with E-state index >= 15 is 0 Å². The van der Waals surface area contributed by atoms with Crippen molar-refractivity contribution in [2.24, 2.45) is 0 Å². The number of nitrogens with zero attached hydrogens (tertiary/aromatic N) is 4. The van der Waals surface area contributed by atoms with Crippen LogP contribution in [-0.4, -0.2) is 45.9 Å². The van der Waals surface area contributed by atoms with Crippen LogP contribution >= 0.6 is 15.9 Å². The van der Waals surface area contributed by atoms with E-state index in [1.807, 2.05) is 18.2 Å². The third-order valence-electron chi connectivity index (χ3n) is 6.06. The highest BCUT2D eigenvalue weighted by Crippen LogP contribution is 2.34. The molecule has 2 aliphatic rings. The number of aromatic nitrogens is 3. The lowest BCUT2D eigenvalue weighted by atomic mass is 9.95. The van der Waals surface area contributed by atoms with Crippen molar-refractivity contribution >= 4 is 15.9 Å². The van der Waals surface area contributed by atoms with Gasteiger partial charge in [0.05, 0.1) is 12.1 Å². The summed E-state index contributed by atoms with van der Waals surface area (Å²) in [6.07, 6.45) is 3.38. The number of halogens is 1. The fourth-order valence-electron chi connectivity index (χ4n) is 4.41. The Hall–Kier alpha value is -2.18. The summed E-state index contributed by atoms with van der Waals surface area (Å²) in [6, 6.07) is 16.8. The smallest absolute Gasteiger partial charge is 0.167 e. The van der Waals surface area contributed by atoms with Gasteiger partial charge >= 0.3 is 0 Å². The molecule has 3 aromatic rings. The number of para-hydroxylation sites is 1. The number of benzene rings is 2. The summed E-state index contributed by atoms with van der Waals surface area (Å²) in [6.45, 7) is 4.84. The summed E-state index contributed by atoms with van der Waals surface area (Å²) in [5.74, 6) is 3.47. The van der Waals surface area contributed by atoms with Crippen LogP contribution in [0.15, 0.2) is 53.0 Å². The molecule has 150 valence electrons. The van der Waals surface area contributed by atoms with E-state index in [-0.39, 0.29) is 0 Å². The van der Waals surface area contributed by atoms with Crippen LogP contribution in [-0.2, 0) is 13.0 Å². The Morgan fingerprint density at radius 3 is 2.59 bits per heavy atom. The molecular formula is C23H25BrN4O. The first-order valence-corrected chi connectivity index (χ1v) is 11.2. The van der Waals surface area contributed by atoms with Gasteiger partial charge in [-0.25, -0.2) is 0 Å². The Balaban J connectivity index is 1.24. The van der Waals surface area contributed by atoms with Crippen LogP contribution in [0.25, 0.3) is 11.4 Å². The van der Waals surface area contributed by atoms with Crippen LogP contribution in [0, 0.1) is 0 Å². The predicted octanol–water partition coefficient (Wildman–Crippen LogP) is 4.52. The second-order valence-corrected chi connectivity index (χ2v) is 8.79. The normalized spacial score (nSPS) is 17.3. The highest BCUT2D eigenvalue weighted by Gasteiger charge is 2.28. The van der Waals surface area contributed by atoms with E-state index in [2.05, 4.69) is 65.9 Å². The number of rotatable bonds is 4. The van der Waals surface area contributed by atoms with Crippen molar-refractivity contribution in [1.29, 1.82) is 0 Å². The molecule has 0 aliphatic carbocycles. The lowest BCUT2D eigenvalue weighted by Gasteiger charge is -2.31. The molecule has 2 aliphatic heterocycles. The topological polar surface area (TPSA) is 43.2 Å². The second kappa shape index (κ2) is 8.28. The maximum atomic E-state index is 5.93. The molecule has 0 bridgehead atoms. The summed E-state index contributed by atoms with van der Waals surface area (Å²) < 4.78 is 9.36. The van der Waals surface area contributed by atoms with Gasteiger partial charge in [0.25, 0.3) is 0 Å². The van der Waals surface area contributed by atoms with E-state index in [0.29, 0.717) is 12.5 Å². The van der Waals surface area contributed by atoms with Crippen LogP contribution in [0.4, 0.5) is 0 Å². The summed E-state index contributed by atoms with van der Waals surface area (Å²) in [4.78, 5) is 2.58. The van der Waals surface area contributed by atoms with Crippen molar-refractivity contribution in [3.8, 4) is 17.1 Å². The van der Waals surface area contributed by atoms with Crippen molar-refractivity contribution in [3.05, 3.63) is 64.4 Å². The monoisotopic (exact) mass is 452 g/mol. The van der Waals surface area contributed by atoms with Crippen molar-refractivity contribution in [1.82, 2.24) is 19.7 Å². The van der Waals surface area contributed by atoms with Gasteiger partial charge in [-0.3, -0.25) is 0 Å². The maximum Gasteiger partial charge on any atom is 0.167 e. The largest absolute Gasteiger partial charge is 0.491 e. The van der Waals surface area contributed by atoms with E-state index in [1.165, 1.54) is 5.56 Å². The van der Waals surface area contributed by atoms with E-state index < -0.39 is 0 Å². The third kappa shape index (κ3) is 3.96. The molecule has 6 heteroatoms. The summed E-state index contributed by atoms with van der Waals surface area (Å²) in [5.41, 5.74) is 2.45. The molecule has 2 aromatic carbocycles. The molecule has 1 fully saturated rings. The standard InChI is InChI=1S/C23H25BrN4O/c24-19-7-5-17(6-8-19)9-12-27-13-10-18(11-14-27)22-25-26-23-20-3-1-2-4-21(20)29-16-15-28(22)23/h1-8,18H,9-16H2. The van der Waals surface area contributed by atoms with Crippen LogP contribution in [0.5, 0.6) is 5.75 Å². The fraction of sp³-hybridized carbons (Fsp3) is 0.391. The first kappa shape index (κ1) is 18.8. The minimum absolute atomic E-state index is 0.477. The van der Waals surface area contributed by atoms with Gasteiger partial charge in [-0.2, -0.15) is 0 Å². The van der Waals surface area contributed by atoms with Crippen LogP contribution in [0.3, 0.4) is 0 Å². The highest BCUT2D eigenvalue weighted by atomic mass is 79.9. The molecular weight excluding hydrogens is 428 g/mol. The molecule has 0 unspecified atom stereocenters. The van der Waals surface area contributed by atoms with E-state index in [9.17, 15) is 0 Å². The fourth-order valence-corrected chi connectivity index (χ4v) is 4.68. The Morgan fingerprint density at radius 1 is 0.966 bits per heavy atom. The number of fused-ring (bicyclic) bond motifs is 3. The molecule has 0 N–H and O–H groups in total. The van der Waals surface area contributed by atoms with E-state index in [1.54, 1.807) is 0 Å². The first-order chi connectivity index (χ1) is 14.3. The van der Waals surface area contributed by atoms with Crippen LogP contribution in [0.1, 0.15) is 30.1 Å². The lowest BCUT2D eigenvalue weighted by Crippen LogP contribution is -2.35. The molecule has 0 radical (unpaired) electrons. The zero-order chi connectivity index (χ0) is 19.6. The summed E-state index contributed by atoms with van der Waals surface area (Å²) in [5, 5.41) is 9.17. The molecule has 5 nitrogen and oxygen atoms in total. The molecule has 1 aromatic heterocycles. The molecule has 0 spiro atoms. The van der Waals surface area contributed by atoms with Crippen molar-refractivity contribution < 1.29 is 4.74 Å². The van der Waals surface area contributed by atoms with Gasteiger partial charge < -0.3 is 14.2 Å². The minimum atomic E-state index is 0.477. The molecule has 29 heavy (non-hydrogen) atoms. The number of hydrogen-bond acceptors (Lipinski definition) is 4.